The Bertz CT molecular complexity index is 209. The Hall–Kier alpha value is -1.05. The minimum Gasteiger partial charge on any atom is -0.409 e. The van der Waals surface area contributed by atoms with Crippen LogP contribution in [0.15, 0.2) is 5.16 Å². The van der Waals surface area contributed by atoms with Crippen molar-refractivity contribution in [3.63, 3.8) is 0 Å². The van der Waals surface area contributed by atoms with Gasteiger partial charge in [-0.2, -0.15) is 8.78 Å². The zero-order valence-corrected chi connectivity index (χ0v) is 7.35. The summed E-state index contributed by atoms with van der Waals surface area (Å²) in [6.07, 6.45) is -3.74. The summed E-state index contributed by atoms with van der Waals surface area (Å²) in [6, 6.07) is -0.898. The summed E-state index contributed by atoms with van der Waals surface area (Å²) in [5.41, 5.74) is 5.03. The minimum absolute atomic E-state index is 0.352. The molecule has 0 aliphatic rings. The van der Waals surface area contributed by atoms with Crippen molar-refractivity contribution in [3.8, 4) is 0 Å². The molecular weight excluding hydrogens is 206 g/mol. The van der Waals surface area contributed by atoms with Gasteiger partial charge in [-0.3, -0.25) is 0 Å². The van der Waals surface area contributed by atoms with Crippen molar-refractivity contribution < 1.29 is 22.8 Å². The van der Waals surface area contributed by atoms with E-state index in [0.717, 1.165) is 0 Å². The van der Waals surface area contributed by atoms with Crippen LogP contribution in [0.2, 0.25) is 0 Å². The zero-order valence-electron chi connectivity index (χ0n) is 7.35. The number of hydrogen-bond acceptors (Lipinski definition) is 3. The summed E-state index contributed by atoms with van der Waals surface area (Å²) in [5.74, 6) is -4.47. The molecule has 0 heterocycles. The second-order valence-corrected chi connectivity index (χ2v) is 2.69. The lowest BCUT2D eigenvalue weighted by Crippen LogP contribution is -2.47. The number of oxime groups is 1. The topological polar surface area (TPSA) is 70.6 Å². The Morgan fingerprint density at radius 2 is 2.07 bits per heavy atom. The number of nitrogens with zero attached hydrogens (tertiary/aromatic N) is 1. The number of nitrogens with one attached hydrogen (secondary N) is 1. The van der Waals surface area contributed by atoms with Gasteiger partial charge < -0.3 is 16.3 Å². The molecule has 0 aromatic carbocycles. The smallest absolute Gasteiger partial charge is 0.319 e. The molecule has 0 saturated heterocycles. The normalized spacial score (nSPS) is 16.0. The van der Waals surface area contributed by atoms with Crippen molar-refractivity contribution in [1.29, 1.82) is 0 Å². The molecule has 8 heteroatoms. The molecule has 0 radical (unpaired) electrons. The van der Waals surface area contributed by atoms with Gasteiger partial charge in [-0.25, -0.2) is 8.78 Å². The van der Waals surface area contributed by atoms with Crippen molar-refractivity contribution in [2.75, 3.05) is 6.54 Å². The molecule has 0 aliphatic heterocycles. The highest BCUT2D eigenvalue weighted by Crippen LogP contribution is 2.21. The lowest BCUT2D eigenvalue weighted by atomic mass is 10.2. The van der Waals surface area contributed by atoms with Crippen molar-refractivity contribution >= 4 is 5.84 Å². The van der Waals surface area contributed by atoms with Gasteiger partial charge in [-0.1, -0.05) is 5.16 Å². The van der Waals surface area contributed by atoms with Crippen LogP contribution in [0, 0.1) is 0 Å². The molecule has 1 unspecified atom stereocenters. The molecule has 0 fully saturated rings. The van der Waals surface area contributed by atoms with E-state index in [1.165, 1.54) is 6.92 Å². The van der Waals surface area contributed by atoms with Crippen LogP contribution >= 0.6 is 0 Å². The number of rotatable bonds is 5. The molecule has 0 bridgehead atoms. The Balaban J connectivity index is 4.06. The lowest BCUT2D eigenvalue weighted by molar-refractivity contribution is -0.125. The predicted octanol–water partition coefficient (Wildman–Crippen LogP) is 0.611. The van der Waals surface area contributed by atoms with Gasteiger partial charge in [-0.15, -0.1) is 0 Å². The molecule has 84 valence electrons. The van der Waals surface area contributed by atoms with Gasteiger partial charge in [-0.05, 0) is 6.92 Å². The van der Waals surface area contributed by atoms with E-state index in [1.54, 1.807) is 0 Å². The average Bonchev–Trinajstić information content (AvgIpc) is 2.12. The van der Waals surface area contributed by atoms with Gasteiger partial charge in [0.2, 0.25) is 0 Å². The maximum absolute atomic E-state index is 12.3. The predicted molar refractivity (Wildman–Crippen MR) is 41.8 cm³/mol. The van der Waals surface area contributed by atoms with Crippen molar-refractivity contribution in [2.24, 2.45) is 10.9 Å². The SMILES string of the molecule is CC(NCC(F)(F)C(F)F)C(N)=NO. The van der Waals surface area contributed by atoms with E-state index in [4.69, 9.17) is 10.9 Å². The first-order valence-corrected chi connectivity index (χ1v) is 3.68. The number of halogens is 4. The van der Waals surface area contributed by atoms with Crippen LogP contribution in [0.3, 0.4) is 0 Å². The summed E-state index contributed by atoms with van der Waals surface area (Å²) >= 11 is 0. The molecule has 4 N–H and O–H groups in total. The molecule has 0 aromatic heterocycles. The van der Waals surface area contributed by atoms with E-state index < -0.39 is 24.9 Å². The van der Waals surface area contributed by atoms with Crippen LogP contribution in [0.5, 0.6) is 0 Å². The Morgan fingerprint density at radius 3 is 2.43 bits per heavy atom. The van der Waals surface area contributed by atoms with E-state index in [1.807, 2.05) is 5.32 Å². The van der Waals surface area contributed by atoms with Crippen molar-refractivity contribution in [2.45, 2.75) is 25.3 Å². The van der Waals surface area contributed by atoms with Crippen LogP contribution in [-0.2, 0) is 0 Å². The largest absolute Gasteiger partial charge is 0.409 e. The van der Waals surface area contributed by atoms with Gasteiger partial charge >= 0.3 is 12.3 Å². The number of nitrogens with two attached hydrogens (primary N) is 1. The summed E-state index contributed by atoms with van der Waals surface area (Å²) in [6.45, 7) is 0.0681. The van der Waals surface area contributed by atoms with Crippen LogP contribution < -0.4 is 11.1 Å². The third kappa shape index (κ3) is 3.77. The van der Waals surface area contributed by atoms with Crippen LogP contribution in [0.25, 0.3) is 0 Å². The first-order chi connectivity index (χ1) is 6.31. The lowest BCUT2D eigenvalue weighted by Gasteiger charge is -2.18. The third-order valence-electron chi connectivity index (χ3n) is 1.52. The van der Waals surface area contributed by atoms with Crippen LogP contribution in [0.4, 0.5) is 17.6 Å². The maximum atomic E-state index is 12.3. The van der Waals surface area contributed by atoms with E-state index in [0.29, 0.717) is 0 Å². The molecule has 0 rings (SSSR count). The van der Waals surface area contributed by atoms with E-state index in [-0.39, 0.29) is 5.84 Å². The average molecular weight is 217 g/mol. The Labute approximate surface area is 77.8 Å². The molecule has 0 saturated carbocycles. The standard InChI is InChI=1S/C6H11F4N3O/c1-3(4(11)13-14)12-2-6(9,10)5(7)8/h3,5,12,14H,2H2,1H3,(H2,11,13). The first-order valence-electron chi connectivity index (χ1n) is 3.68. The maximum Gasteiger partial charge on any atom is 0.319 e. The summed E-state index contributed by atoms with van der Waals surface area (Å²) in [5, 5.41) is 12.7. The molecule has 14 heavy (non-hydrogen) atoms. The molecule has 0 spiro atoms. The van der Waals surface area contributed by atoms with E-state index in [9.17, 15) is 17.6 Å². The highest BCUT2D eigenvalue weighted by molar-refractivity contribution is 5.84. The van der Waals surface area contributed by atoms with Crippen molar-refractivity contribution in [1.82, 2.24) is 5.32 Å². The highest BCUT2D eigenvalue weighted by atomic mass is 19.3. The molecule has 4 nitrogen and oxygen atoms in total. The van der Waals surface area contributed by atoms with Gasteiger partial charge in [0.25, 0.3) is 0 Å². The second-order valence-electron chi connectivity index (χ2n) is 2.69. The third-order valence-corrected chi connectivity index (χ3v) is 1.52. The van der Waals surface area contributed by atoms with E-state index in [2.05, 4.69) is 5.16 Å². The second kappa shape index (κ2) is 4.99. The van der Waals surface area contributed by atoms with Crippen LogP contribution in [-0.4, -0.2) is 36.0 Å². The van der Waals surface area contributed by atoms with E-state index >= 15 is 0 Å². The first kappa shape index (κ1) is 12.9. The minimum atomic E-state index is -4.12. The fourth-order valence-corrected chi connectivity index (χ4v) is 0.557. The molecule has 0 aromatic rings. The van der Waals surface area contributed by atoms with Gasteiger partial charge in [0.05, 0.1) is 12.6 Å². The highest BCUT2D eigenvalue weighted by Gasteiger charge is 2.40. The van der Waals surface area contributed by atoms with Crippen molar-refractivity contribution in [3.05, 3.63) is 0 Å². The number of alkyl halides is 4. The monoisotopic (exact) mass is 217 g/mol. The summed E-state index contributed by atoms with van der Waals surface area (Å²) in [4.78, 5) is 0. The molecule has 0 amide bonds. The fourth-order valence-electron chi connectivity index (χ4n) is 0.557. The summed E-state index contributed by atoms with van der Waals surface area (Å²) in [7, 11) is 0. The quantitative estimate of drug-likeness (QED) is 0.208. The van der Waals surface area contributed by atoms with Gasteiger partial charge in [0.15, 0.2) is 5.84 Å². The number of hydrogen-bond donors (Lipinski definition) is 3. The number of amidine groups is 1. The Kier molecular flexibility index (Phi) is 4.61. The van der Waals surface area contributed by atoms with Gasteiger partial charge in [0, 0.05) is 0 Å². The molecular formula is C6H11F4N3O. The fraction of sp³-hybridized carbons (Fsp3) is 0.833. The van der Waals surface area contributed by atoms with Crippen LogP contribution in [0.1, 0.15) is 6.92 Å². The summed E-state index contributed by atoms with van der Waals surface area (Å²) < 4.78 is 47.9. The zero-order chi connectivity index (χ0) is 11.4. The Morgan fingerprint density at radius 1 is 1.57 bits per heavy atom. The molecule has 1 atom stereocenters. The molecule has 0 aliphatic carbocycles. The van der Waals surface area contributed by atoms with Gasteiger partial charge in [0.1, 0.15) is 0 Å².